The zero-order chi connectivity index (χ0) is 32.1. The van der Waals surface area contributed by atoms with Crippen LogP contribution in [0, 0.1) is 16.0 Å². The Morgan fingerprint density at radius 2 is 1.80 bits per heavy atom. The lowest BCUT2D eigenvalue weighted by atomic mass is 9.82. The number of nitro benzene ring substituents is 1. The van der Waals surface area contributed by atoms with Gasteiger partial charge in [0.15, 0.2) is 5.60 Å². The first-order chi connectivity index (χ1) is 21.5. The van der Waals surface area contributed by atoms with E-state index in [-0.39, 0.29) is 42.1 Å². The maximum absolute atomic E-state index is 14.8. The van der Waals surface area contributed by atoms with Crippen molar-refractivity contribution in [3.05, 3.63) is 88.0 Å². The topological polar surface area (TPSA) is 122 Å². The molecule has 0 aliphatic carbocycles. The zero-order valence-corrected chi connectivity index (χ0v) is 27.1. The number of fused-ring (bicyclic) bond motifs is 2. The molecule has 45 heavy (non-hydrogen) atoms. The number of carbonyl (C=O) groups excluding carboxylic acids is 2. The highest BCUT2D eigenvalue weighted by atomic mass is 28.3. The molecule has 10 nitrogen and oxygen atoms in total. The first-order valence-corrected chi connectivity index (χ1v) is 18.5. The van der Waals surface area contributed by atoms with Gasteiger partial charge in [0.05, 0.1) is 38.4 Å². The standard InChI is InChI=1S/C34H39N3O7Si/c1-22-32(45(3,4)27-14-12-26(43-2)13-15-27)30(17-19-38)44-34(22)28-20-25(37(41)42)11-16-29(28)36(33(34)40)21-23-7-9-24(10-8-23)35-18-5-6-31(35)39/h7-16,20,22,30,32,38H,5-6,17-19,21H2,1-4H3/t22-,30+,32-,34+/m0/s1. The molecule has 1 N–H and O–H groups in total. The molecule has 1 spiro atoms. The molecular weight excluding hydrogens is 590 g/mol. The minimum atomic E-state index is -2.37. The number of nitro groups is 1. The average molecular weight is 630 g/mol. The Bertz CT molecular complexity index is 1630. The van der Waals surface area contributed by atoms with Gasteiger partial charge in [-0.3, -0.25) is 19.7 Å². The van der Waals surface area contributed by atoms with Crippen LogP contribution in [0.15, 0.2) is 66.7 Å². The normalized spacial score (nSPS) is 24.5. The van der Waals surface area contributed by atoms with Crippen molar-refractivity contribution in [2.75, 3.05) is 30.1 Å². The van der Waals surface area contributed by atoms with Gasteiger partial charge in [-0.1, -0.05) is 49.5 Å². The second-order valence-corrected chi connectivity index (χ2v) is 17.5. The van der Waals surface area contributed by atoms with E-state index in [0.717, 1.165) is 23.4 Å². The molecule has 2 amide bonds. The SMILES string of the molecule is COc1ccc([Si](C)(C)[C@@H]2[C@@H](CCO)O[C@]3(C(=O)N(Cc4ccc(N5CCCC5=O)cc4)c4ccc([N+](=O)[O-])cc43)[C@H]2C)cc1. The summed E-state index contributed by atoms with van der Waals surface area (Å²) < 4.78 is 12.2. The fourth-order valence-corrected chi connectivity index (χ4v) is 11.9. The van der Waals surface area contributed by atoms with Gasteiger partial charge in [-0.05, 0) is 54.3 Å². The molecule has 0 saturated carbocycles. The Morgan fingerprint density at radius 3 is 2.40 bits per heavy atom. The first-order valence-electron chi connectivity index (χ1n) is 15.5. The second kappa shape index (κ2) is 11.7. The number of hydrogen-bond donors (Lipinski definition) is 1. The number of carbonyl (C=O) groups is 2. The van der Waals surface area contributed by atoms with Crippen LogP contribution in [-0.2, 0) is 26.5 Å². The lowest BCUT2D eigenvalue weighted by molar-refractivity contribution is -0.385. The monoisotopic (exact) mass is 629 g/mol. The largest absolute Gasteiger partial charge is 0.497 e. The first kappa shape index (κ1) is 30.9. The summed E-state index contributed by atoms with van der Waals surface area (Å²) in [6, 6.07) is 20.2. The van der Waals surface area contributed by atoms with E-state index < -0.39 is 24.7 Å². The van der Waals surface area contributed by atoms with Crippen LogP contribution in [0.2, 0.25) is 18.6 Å². The molecule has 6 rings (SSSR count). The van der Waals surface area contributed by atoms with Crippen molar-refractivity contribution in [3.63, 3.8) is 0 Å². The fourth-order valence-electron chi connectivity index (χ4n) is 7.85. The molecule has 0 unspecified atom stereocenters. The Hall–Kier alpha value is -4.06. The molecule has 2 fully saturated rings. The summed E-state index contributed by atoms with van der Waals surface area (Å²) in [5.41, 5.74) is 1.15. The van der Waals surface area contributed by atoms with Gasteiger partial charge >= 0.3 is 0 Å². The molecule has 4 atom stereocenters. The third-order valence-corrected chi connectivity index (χ3v) is 14.5. The number of benzene rings is 3. The molecule has 11 heteroatoms. The van der Waals surface area contributed by atoms with Crippen molar-refractivity contribution in [2.24, 2.45) is 5.92 Å². The molecule has 3 aliphatic rings. The number of aliphatic hydroxyl groups is 1. The molecule has 3 aromatic rings. The summed E-state index contributed by atoms with van der Waals surface area (Å²) in [7, 11) is -0.747. The smallest absolute Gasteiger partial charge is 0.269 e. The lowest BCUT2D eigenvalue weighted by Gasteiger charge is -2.37. The number of aliphatic hydroxyl groups excluding tert-OH is 1. The van der Waals surface area contributed by atoms with Gasteiger partial charge in [0, 0.05) is 48.9 Å². The summed E-state index contributed by atoms with van der Waals surface area (Å²) in [6.07, 6.45) is 1.30. The maximum Gasteiger partial charge on any atom is 0.269 e. The maximum atomic E-state index is 14.8. The Morgan fingerprint density at radius 1 is 1.09 bits per heavy atom. The summed E-state index contributed by atoms with van der Waals surface area (Å²) >= 11 is 0. The Kier molecular flexibility index (Phi) is 8.04. The zero-order valence-electron chi connectivity index (χ0n) is 26.1. The molecule has 2 saturated heterocycles. The van der Waals surface area contributed by atoms with E-state index in [0.29, 0.717) is 30.6 Å². The number of nitrogens with zero attached hydrogens (tertiary/aromatic N) is 3. The Labute approximate surface area is 263 Å². The van der Waals surface area contributed by atoms with Crippen molar-refractivity contribution in [1.82, 2.24) is 0 Å². The number of methoxy groups -OCH3 is 1. The third kappa shape index (κ3) is 5.03. The van der Waals surface area contributed by atoms with Gasteiger partial charge in [0.25, 0.3) is 11.6 Å². The summed E-state index contributed by atoms with van der Waals surface area (Å²) in [5, 5.41) is 23.2. The van der Waals surface area contributed by atoms with E-state index in [2.05, 4.69) is 25.2 Å². The molecule has 236 valence electrons. The second-order valence-electron chi connectivity index (χ2n) is 12.8. The lowest BCUT2D eigenvalue weighted by Crippen LogP contribution is -2.51. The minimum Gasteiger partial charge on any atom is -0.497 e. The van der Waals surface area contributed by atoms with Crippen LogP contribution in [0.25, 0.3) is 0 Å². The number of non-ortho nitro benzene ring substituents is 1. The molecule has 0 aromatic heterocycles. The molecule has 3 aliphatic heterocycles. The number of anilines is 2. The van der Waals surface area contributed by atoms with Crippen molar-refractivity contribution < 1.29 is 29.1 Å². The van der Waals surface area contributed by atoms with E-state index in [9.17, 15) is 24.8 Å². The number of amides is 2. The molecule has 0 radical (unpaired) electrons. The summed E-state index contributed by atoms with van der Waals surface area (Å²) in [6.45, 7) is 7.35. The predicted octanol–water partition coefficient (Wildman–Crippen LogP) is 4.88. The molecule has 0 bridgehead atoms. The highest BCUT2D eigenvalue weighted by molar-refractivity contribution is 6.91. The van der Waals surface area contributed by atoms with Gasteiger partial charge in [-0.25, -0.2) is 0 Å². The van der Waals surface area contributed by atoms with Crippen LogP contribution in [-0.4, -0.2) is 56.3 Å². The molecular formula is C34H39N3O7Si. The van der Waals surface area contributed by atoms with Gasteiger partial charge in [-0.15, -0.1) is 0 Å². The fraction of sp³-hybridized carbons (Fsp3) is 0.412. The summed E-state index contributed by atoms with van der Waals surface area (Å²) in [4.78, 5) is 41.9. The molecule has 3 aromatic carbocycles. The van der Waals surface area contributed by atoms with E-state index in [4.69, 9.17) is 9.47 Å². The highest BCUT2D eigenvalue weighted by Crippen LogP contribution is 2.60. The van der Waals surface area contributed by atoms with Crippen LogP contribution >= 0.6 is 0 Å². The van der Waals surface area contributed by atoms with Gasteiger partial charge in [-0.2, -0.15) is 0 Å². The van der Waals surface area contributed by atoms with Crippen LogP contribution in [0.3, 0.4) is 0 Å². The van der Waals surface area contributed by atoms with Crippen molar-refractivity contribution >= 4 is 42.1 Å². The van der Waals surface area contributed by atoms with Crippen LogP contribution in [0.1, 0.15) is 37.3 Å². The number of ether oxygens (including phenoxy) is 2. The van der Waals surface area contributed by atoms with Crippen molar-refractivity contribution in [1.29, 1.82) is 0 Å². The van der Waals surface area contributed by atoms with Crippen molar-refractivity contribution in [2.45, 2.75) is 63.1 Å². The van der Waals surface area contributed by atoms with Gasteiger partial charge < -0.3 is 24.4 Å². The molecule has 3 heterocycles. The predicted molar refractivity (Wildman–Crippen MR) is 174 cm³/mol. The highest BCUT2D eigenvalue weighted by Gasteiger charge is 2.66. The minimum absolute atomic E-state index is 0.0775. The number of hydrogen-bond acceptors (Lipinski definition) is 7. The van der Waals surface area contributed by atoms with Crippen LogP contribution in [0.4, 0.5) is 17.1 Å². The Balaban J connectivity index is 1.40. The quantitative estimate of drug-likeness (QED) is 0.204. The van der Waals surface area contributed by atoms with Crippen LogP contribution < -0.4 is 19.7 Å². The van der Waals surface area contributed by atoms with Gasteiger partial charge in [0.2, 0.25) is 5.91 Å². The summed E-state index contributed by atoms with van der Waals surface area (Å²) in [5.74, 6) is 0.273. The van der Waals surface area contributed by atoms with E-state index >= 15 is 0 Å². The third-order valence-electron chi connectivity index (χ3n) is 10.1. The van der Waals surface area contributed by atoms with E-state index in [1.54, 1.807) is 23.0 Å². The van der Waals surface area contributed by atoms with Crippen molar-refractivity contribution in [3.8, 4) is 5.75 Å². The van der Waals surface area contributed by atoms with E-state index in [1.165, 1.54) is 17.3 Å². The van der Waals surface area contributed by atoms with Gasteiger partial charge in [0.1, 0.15) is 5.75 Å². The van der Waals surface area contributed by atoms with E-state index in [1.807, 2.05) is 43.3 Å². The average Bonchev–Trinajstić information content (AvgIpc) is 3.66. The number of rotatable bonds is 9. The van der Waals surface area contributed by atoms with Crippen LogP contribution in [0.5, 0.6) is 5.75 Å².